The number of hydrogen-bond acceptors (Lipinski definition) is 10. The van der Waals surface area contributed by atoms with Gasteiger partial charge in [0.1, 0.15) is 6.07 Å². The van der Waals surface area contributed by atoms with E-state index in [0.717, 1.165) is 6.26 Å². The Morgan fingerprint density at radius 2 is 2.08 bits per heavy atom. The number of nitriles is 1. The molecule has 0 amide bonds. The third kappa shape index (κ3) is 6.64. The van der Waals surface area contributed by atoms with E-state index >= 15 is 0 Å². The molecule has 0 spiro atoms. The number of hydrogen-bond donors (Lipinski definition) is 0. The van der Waals surface area contributed by atoms with Gasteiger partial charge in [-0.3, -0.25) is 4.28 Å². The molecule has 0 aliphatic heterocycles. The maximum absolute atomic E-state index is 10.9. The van der Waals surface area contributed by atoms with E-state index in [0.29, 0.717) is 17.9 Å². The molecule has 1 aromatic rings. The van der Waals surface area contributed by atoms with Crippen LogP contribution in [0.15, 0.2) is 34.6 Å². The third-order valence-electron chi connectivity index (χ3n) is 2.12. The van der Waals surface area contributed by atoms with Crippen LogP contribution in [0.4, 0.5) is 0 Å². The number of nitrogens with zero attached hydrogens (tertiary/aromatic N) is 4. The molecule has 0 saturated carbocycles. The molecule has 10 nitrogen and oxygen atoms in total. The van der Waals surface area contributed by atoms with E-state index in [1.165, 1.54) is 31.4 Å². The van der Waals surface area contributed by atoms with Crippen LogP contribution in [0.2, 0.25) is 0 Å². The third-order valence-corrected chi connectivity index (χ3v) is 2.79. The summed E-state index contributed by atoms with van der Waals surface area (Å²) >= 11 is 0.402. The van der Waals surface area contributed by atoms with Crippen molar-refractivity contribution in [1.82, 2.24) is 0 Å². The van der Waals surface area contributed by atoms with Gasteiger partial charge in [0.25, 0.3) is 0 Å². The number of benzene rings is 1. The summed E-state index contributed by atoms with van der Waals surface area (Å²) in [4.78, 5) is 7.44. The number of oxime groups is 2. The normalized spacial score (nSPS) is 12.2. The predicted molar refractivity (Wildman–Crippen MR) is 84.4 cm³/mol. The van der Waals surface area contributed by atoms with Gasteiger partial charge < -0.3 is 4.85 Å². The highest BCUT2D eigenvalue weighted by Gasteiger charge is 2.11. The molecule has 1 rings (SSSR count). The summed E-state index contributed by atoms with van der Waals surface area (Å²) in [7, 11) is -2.58. The van der Waals surface area contributed by atoms with Crippen LogP contribution >= 0.6 is 12.3 Å². The van der Waals surface area contributed by atoms with Crippen molar-refractivity contribution in [3.63, 3.8) is 0 Å². The highest BCUT2D eigenvalue weighted by Crippen LogP contribution is 2.12. The van der Waals surface area contributed by atoms with Gasteiger partial charge in [0.15, 0.2) is 5.71 Å². The smallest absolute Gasteiger partial charge is 0.325 e. The first kappa shape index (κ1) is 19.4. The van der Waals surface area contributed by atoms with Crippen molar-refractivity contribution in [1.29, 1.82) is 5.26 Å². The summed E-state index contributed by atoms with van der Waals surface area (Å²) in [6, 6.07) is 7.66. The molecule has 1 aromatic carbocycles. The first-order valence-corrected chi connectivity index (χ1v) is 8.35. The van der Waals surface area contributed by atoms with Crippen molar-refractivity contribution >= 4 is 34.0 Å². The molecular formula is C12H10N4O6S2. The van der Waals surface area contributed by atoms with Crippen LogP contribution in [0.25, 0.3) is 4.85 Å². The minimum absolute atomic E-state index is 0.134. The Hall–Kier alpha value is -2.64. The van der Waals surface area contributed by atoms with E-state index in [2.05, 4.69) is 32.9 Å². The van der Waals surface area contributed by atoms with Crippen LogP contribution < -0.4 is 0 Å². The van der Waals surface area contributed by atoms with Crippen molar-refractivity contribution in [2.45, 2.75) is 0 Å². The van der Waals surface area contributed by atoms with Gasteiger partial charge in [-0.15, -0.1) is 4.33 Å². The van der Waals surface area contributed by atoms with Gasteiger partial charge in [-0.25, -0.2) is 9.17 Å². The predicted octanol–water partition coefficient (Wildman–Crippen LogP) is 1.63. The molecule has 126 valence electrons. The highest BCUT2D eigenvalue weighted by atomic mass is 32.2. The monoisotopic (exact) mass is 370 g/mol. The molecule has 24 heavy (non-hydrogen) atoms. The summed E-state index contributed by atoms with van der Waals surface area (Å²) < 4.78 is 35.1. The lowest BCUT2D eigenvalue weighted by Gasteiger charge is -2.02. The maximum atomic E-state index is 10.9. The summed E-state index contributed by atoms with van der Waals surface area (Å²) in [6.45, 7) is 7.10. The largest absolute Gasteiger partial charge is 0.357 e. The van der Waals surface area contributed by atoms with Gasteiger partial charge in [-0.1, -0.05) is 36.0 Å². The minimum atomic E-state index is -3.85. The van der Waals surface area contributed by atoms with Crippen LogP contribution in [0, 0.1) is 17.9 Å². The Bertz CT molecular complexity index is 823. The second-order valence-electron chi connectivity index (χ2n) is 3.82. The van der Waals surface area contributed by atoms with Gasteiger partial charge in [-0.05, 0) is 0 Å². The maximum Gasteiger partial charge on any atom is 0.325 e. The van der Waals surface area contributed by atoms with E-state index < -0.39 is 10.1 Å². The van der Waals surface area contributed by atoms with Crippen molar-refractivity contribution in [3.8, 4) is 6.07 Å². The lowest BCUT2D eigenvalue weighted by atomic mass is 10.1. The van der Waals surface area contributed by atoms with E-state index in [4.69, 9.17) is 11.8 Å². The molecule has 0 aromatic heterocycles. The second-order valence-corrected chi connectivity index (χ2v) is 5.79. The average Bonchev–Trinajstić information content (AvgIpc) is 2.55. The molecule has 0 radical (unpaired) electrons. The highest BCUT2D eigenvalue weighted by molar-refractivity contribution is 7.89. The quantitative estimate of drug-likeness (QED) is 0.129. The summed E-state index contributed by atoms with van der Waals surface area (Å²) in [5.41, 5.74) is 0.253. The van der Waals surface area contributed by atoms with E-state index in [-0.39, 0.29) is 17.1 Å². The molecule has 0 heterocycles. The summed E-state index contributed by atoms with van der Waals surface area (Å²) in [5.74, 6) is -0.134. The van der Waals surface area contributed by atoms with Crippen molar-refractivity contribution in [3.05, 3.63) is 46.8 Å². The molecule has 0 bridgehead atoms. The van der Waals surface area contributed by atoms with Crippen molar-refractivity contribution in [2.75, 3.05) is 13.4 Å². The van der Waals surface area contributed by atoms with Gasteiger partial charge >= 0.3 is 28.3 Å². The molecule has 0 aliphatic carbocycles. The Labute approximate surface area is 142 Å². The molecule has 0 atom stereocenters. The molecule has 12 heteroatoms. The molecule has 0 fully saturated rings. The van der Waals surface area contributed by atoms with Gasteiger partial charge in [0.05, 0.1) is 18.5 Å². The average molecular weight is 370 g/mol. The fourth-order valence-electron chi connectivity index (χ4n) is 1.28. The summed E-state index contributed by atoms with van der Waals surface area (Å²) in [6.07, 6.45) is 0.794. The van der Waals surface area contributed by atoms with Crippen molar-refractivity contribution < 1.29 is 26.2 Å². The van der Waals surface area contributed by atoms with Crippen LogP contribution in [-0.2, 0) is 27.9 Å². The number of amidine groups is 1. The SMILES string of the molecule is [C-]#[N+]/C(=N\OSOOC)c1cccc(/C(C#N)=N/OS(C)(=O)=O)c1. The molecule has 0 N–H and O–H groups in total. The molecule has 0 unspecified atom stereocenters. The zero-order valence-electron chi connectivity index (χ0n) is 12.4. The molecular weight excluding hydrogens is 360 g/mol. The fourth-order valence-corrected chi connectivity index (χ4v) is 1.67. The van der Waals surface area contributed by atoms with E-state index in [1.807, 2.05) is 0 Å². The Balaban J connectivity index is 3.08. The van der Waals surface area contributed by atoms with Gasteiger partial charge in [0, 0.05) is 11.1 Å². The standard InChI is InChI=1S/C12H10N4O6S2/c1-14-12(16-20-23-22-19-2)10-6-4-5-9(7-10)11(8-13)15-21-24(3,17)18/h4-7H,2-3H3/b15-11+,16-12-. The topological polar surface area (TPSA) is 124 Å². The van der Waals surface area contributed by atoms with Crippen LogP contribution in [0.1, 0.15) is 11.1 Å². The Kier molecular flexibility index (Phi) is 7.67. The zero-order valence-corrected chi connectivity index (χ0v) is 14.0. The lowest BCUT2D eigenvalue weighted by Crippen LogP contribution is -2.05. The fraction of sp³-hybridized carbons (Fsp3) is 0.167. The zero-order chi connectivity index (χ0) is 18.0. The van der Waals surface area contributed by atoms with Crippen LogP contribution in [0.3, 0.4) is 0 Å². The Morgan fingerprint density at radius 3 is 2.67 bits per heavy atom. The van der Waals surface area contributed by atoms with Gasteiger partial charge in [-0.2, -0.15) is 13.7 Å². The Morgan fingerprint density at radius 1 is 1.38 bits per heavy atom. The van der Waals surface area contributed by atoms with Gasteiger partial charge in [0.2, 0.25) is 0 Å². The lowest BCUT2D eigenvalue weighted by molar-refractivity contribution is -0.166. The number of rotatable bonds is 8. The molecule has 0 aliphatic rings. The summed E-state index contributed by atoms with van der Waals surface area (Å²) in [5, 5.41) is 15.9. The first-order valence-electron chi connectivity index (χ1n) is 5.87. The minimum Gasteiger partial charge on any atom is -0.357 e. The van der Waals surface area contributed by atoms with Crippen LogP contribution in [-0.4, -0.2) is 33.3 Å². The van der Waals surface area contributed by atoms with Crippen molar-refractivity contribution in [2.24, 2.45) is 10.3 Å². The first-order chi connectivity index (χ1) is 11.4. The van der Waals surface area contributed by atoms with E-state index in [1.54, 1.807) is 6.07 Å². The van der Waals surface area contributed by atoms with E-state index in [9.17, 15) is 8.42 Å². The second kappa shape index (κ2) is 9.49. The van der Waals surface area contributed by atoms with Crippen LogP contribution in [0.5, 0.6) is 0 Å². The molecule has 0 saturated heterocycles.